The number of allylic oxidation sites excluding steroid dienone is 4. The molecule has 0 bridgehead atoms. The van der Waals surface area contributed by atoms with Crippen molar-refractivity contribution < 1.29 is 4.79 Å². The number of rotatable bonds is 3. The van der Waals surface area contributed by atoms with Crippen molar-refractivity contribution in [3.8, 4) is 0 Å². The molecular weight excluding hydrogens is 160 g/mol. The van der Waals surface area contributed by atoms with Crippen molar-refractivity contribution in [2.75, 3.05) is 0 Å². The minimum Gasteiger partial charge on any atom is -0.276 e. The molecule has 0 aromatic heterocycles. The van der Waals surface area contributed by atoms with Gasteiger partial charge >= 0.3 is 0 Å². The summed E-state index contributed by atoms with van der Waals surface area (Å²) < 4.78 is 0. The Morgan fingerprint density at radius 1 is 1.45 bits per heavy atom. The van der Waals surface area contributed by atoms with Gasteiger partial charge in [-0.2, -0.15) is 0 Å². The van der Waals surface area contributed by atoms with Gasteiger partial charge in [-0.05, 0) is 11.6 Å². The average Bonchev–Trinajstić information content (AvgIpc) is 2.03. The standard InChI is InChI=1S/C7H7ClO.C2H6/c1-3-4-5-6(2)7(8)9;1-2/h3-5H,1-2H2;1-2H3/b5-4-;. The number of halogens is 1. The Balaban J connectivity index is 0. The van der Waals surface area contributed by atoms with E-state index < -0.39 is 5.24 Å². The van der Waals surface area contributed by atoms with Crippen LogP contribution in [0.2, 0.25) is 0 Å². The lowest BCUT2D eigenvalue weighted by Gasteiger charge is -1.84. The molecule has 11 heavy (non-hydrogen) atoms. The molecule has 2 heteroatoms. The fourth-order valence-corrected chi connectivity index (χ4v) is 0.313. The highest BCUT2D eigenvalue weighted by Gasteiger charge is 1.94. The van der Waals surface area contributed by atoms with E-state index in [0.717, 1.165) is 0 Å². The molecule has 0 aliphatic rings. The summed E-state index contributed by atoms with van der Waals surface area (Å²) in [6, 6.07) is 0. The largest absolute Gasteiger partial charge is 0.276 e. The van der Waals surface area contributed by atoms with Crippen molar-refractivity contribution in [2.24, 2.45) is 0 Å². The van der Waals surface area contributed by atoms with Gasteiger partial charge in [0.2, 0.25) is 0 Å². The van der Waals surface area contributed by atoms with E-state index >= 15 is 0 Å². The molecular formula is C9H13ClO. The summed E-state index contributed by atoms with van der Waals surface area (Å²) in [5.41, 5.74) is 0.275. The van der Waals surface area contributed by atoms with Crippen LogP contribution in [0, 0.1) is 0 Å². The Kier molecular flexibility index (Phi) is 10.7. The van der Waals surface area contributed by atoms with E-state index in [1.165, 1.54) is 6.08 Å². The van der Waals surface area contributed by atoms with Gasteiger partial charge in [-0.15, -0.1) is 0 Å². The van der Waals surface area contributed by atoms with Gasteiger partial charge in [-0.1, -0.05) is 45.2 Å². The Labute approximate surface area is 73.1 Å². The SMILES string of the molecule is C=C/C=C\C(=C)C(=O)Cl.CC. The van der Waals surface area contributed by atoms with E-state index in [9.17, 15) is 4.79 Å². The highest BCUT2D eigenvalue weighted by molar-refractivity contribution is 6.68. The molecule has 0 rings (SSSR count). The first-order valence-electron chi connectivity index (χ1n) is 3.36. The van der Waals surface area contributed by atoms with Crippen LogP contribution in [0.15, 0.2) is 37.0 Å². The Bertz CT molecular complexity index is 168. The van der Waals surface area contributed by atoms with Crippen LogP contribution in [0.3, 0.4) is 0 Å². The zero-order valence-corrected chi connectivity index (χ0v) is 7.69. The Morgan fingerprint density at radius 2 is 1.91 bits per heavy atom. The molecule has 0 N–H and O–H groups in total. The minimum absolute atomic E-state index is 0.275. The normalized spacial score (nSPS) is 8.27. The molecule has 0 aromatic rings. The molecule has 0 radical (unpaired) electrons. The molecule has 1 nitrogen and oxygen atoms in total. The first kappa shape index (κ1) is 12.8. The van der Waals surface area contributed by atoms with Gasteiger partial charge in [0.1, 0.15) is 0 Å². The highest BCUT2D eigenvalue weighted by atomic mass is 35.5. The predicted molar refractivity (Wildman–Crippen MR) is 50.7 cm³/mol. The predicted octanol–water partition coefficient (Wildman–Crippen LogP) is 3.08. The summed E-state index contributed by atoms with van der Waals surface area (Å²) in [6.07, 6.45) is 4.65. The van der Waals surface area contributed by atoms with E-state index in [1.807, 2.05) is 13.8 Å². The zero-order chi connectivity index (χ0) is 9.28. The maximum atomic E-state index is 10.2. The van der Waals surface area contributed by atoms with Gasteiger partial charge in [0.25, 0.3) is 5.24 Å². The van der Waals surface area contributed by atoms with Crippen LogP contribution < -0.4 is 0 Å². The molecule has 0 heterocycles. The van der Waals surface area contributed by atoms with E-state index in [1.54, 1.807) is 12.2 Å². The van der Waals surface area contributed by atoms with E-state index in [2.05, 4.69) is 13.2 Å². The van der Waals surface area contributed by atoms with Gasteiger partial charge in [-0.3, -0.25) is 4.79 Å². The topological polar surface area (TPSA) is 17.1 Å². The molecule has 0 spiro atoms. The van der Waals surface area contributed by atoms with Crippen LogP contribution in [-0.2, 0) is 4.79 Å². The Morgan fingerprint density at radius 3 is 2.18 bits per heavy atom. The van der Waals surface area contributed by atoms with E-state index in [-0.39, 0.29) is 5.57 Å². The summed E-state index contributed by atoms with van der Waals surface area (Å²) in [5, 5.41) is -0.534. The number of carbonyl (C=O) groups excluding carboxylic acids is 1. The monoisotopic (exact) mass is 172 g/mol. The van der Waals surface area contributed by atoms with Gasteiger partial charge in [0, 0.05) is 5.57 Å². The van der Waals surface area contributed by atoms with Crippen molar-refractivity contribution in [2.45, 2.75) is 13.8 Å². The molecule has 0 atom stereocenters. The van der Waals surface area contributed by atoms with Gasteiger partial charge in [0.05, 0.1) is 0 Å². The molecule has 0 saturated carbocycles. The maximum Gasteiger partial charge on any atom is 0.251 e. The van der Waals surface area contributed by atoms with Gasteiger partial charge in [0.15, 0.2) is 0 Å². The van der Waals surface area contributed by atoms with E-state index in [0.29, 0.717) is 0 Å². The summed E-state index contributed by atoms with van der Waals surface area (Å²) >= 11 is 5.04. The molecule has 0 aliphatic carbocycles. The fourth-order valence-electron chi connectivity index (χ4n) is 0.250. The summed E-state index contributed by atoms with van der Waals surface area (Å²) in [4.78, 5) is 10.2. The van der Waals surface area contributed by atoms with Crippen LogP contribution in [0.4, 0.5) is 0 Å². The number of carbonyl (C=O) groups is 1. The minimum atomic E-state index is -0.534. The van der Waals surface area contributed by atoms with Crippen LogP contribution in [0.1, 0.15) is 13.8 Å². The van der Waals surface area contributed by atoms with Crippen LogP contribution in [0.25, 0.3) is 0 Å². The van der Waals surface area contributed by atoms with E-state index in [4.69, 9.17) is 11.6 Å². The van der Waals surface area contributed by atoms with Gasteiger partial charge < -0.3 is 0 Å². The molecule has 0 fully saturated rings. The lowest BCUT2D eigenvalue weighted by Crippen LogP contribution is -1.84. The molecule has 62 valence electrons. The van der Waals surface area contributed by atoms with Crippen molar-refractivity contribution in [1.82, 2.24) is 0 Å². The third-order valence-electron chi connectivity index (χ3n) is 0.686. The lowest BCUT2D eigenvalue weighted by molar-refractivity contribution is -0.108. The number of hydrogen-bond donors (Lipinski definition) is 0. The van der Waals surface area contributed by atoms with Gasteiger partial charge in [-0.25, -0.2) is 0 Å². The molecule has 0 aromatic carbocycles. The first-order valence-corrected chi connectivity index (χ1v) is 3.74. The second-order valence-electron chi connectivity index (χ2n) is 1.39. The second-order valence-corrected chi connectivity index (χ2v) is 1.74. The molecule has 0 amide bonds. The smallest absolute Gasteiger partial charge is 0.251 e. The zero-order valence-electron chi connectivity index (χ0n) is 6.93. The first-order chi connectivity index (χ1) is 5.18. The third-order valence-corrected chi connectivity index (χ3v) is 0.929. The quantitative estimate of drug-likeness (QED) is 0.363. The maximum absolute atomic E-state index is 10.2. The van der Waals surface area contributed by atoms with Crippen LogP contribution in [-0.4, -0.2) is 5.24 Å². The summed E-state index contributed by atoms with van der Waals surface area (Å²) in [6.45, 7) is 10.8. The lowest BCUT2D eigenvalue weighted by atomic mass is 10.3. The highest BCUT2D eigenvalue weighted by Crippen LogP contribution is 1.97. The molecule has 0 saturated heterocycles. The number of hydrogen-bond acceptors (Lipinski definition) is 1. The van der Waals surface area contributed by atoms with Crippen molar-refractivity contribution in [3.05, 3.63) is 37.0 Å². The molecule has 0 unspecified atom stereocenters. The summed E-state index contributed by atoms with van der Waals surface area (Å²) in [5.74, 6) is 0. The third kappa shape index (κ3) is 9.18. The average molecular weight is 173 g/mol. The second kappa shape index (κ2) is 9.18. The van der Waals surface area contributed by atoms with Crippen LogP contribution >= 0.6 is 11.6 Å². The van der Waals surface area contributed by atoms with Crippen molar-refractivity contribution >= 4 is 16.8 Å². The fraction of sp³-hybridized carbons (Fsp3) is 0.222. The molecule has 0 aliphatic heterocycles. The van der Waals surface area contributed by atoms with Crippen LogP contribution in [0.5, 0.6) is 0 Å². The van der Waals surface area contributed by atoms with Crippen molar-refractivity contribution in [1.29, 1.82) is 0 Å². The van der Waals surface area contributed by atoms with Crippen molar-refractivity contribution in [3.63, 3.8) is 0 Å². The Hall–Kier alpha value is -0.820. The summed E-state index contributed by atoms with van der Waals surface area (Å²) in [7, 11) is 0.